The van der Waals surface area contributed by atoms with E-state index in [1.165, 1.54) is 37.2 Å². The molecule has 11 heteroatoms. The number of methoxy groups -OCH3 is 3. The van der Waals surface area contributed by atoms with Gasteiger partial charge in [-0.15, -0.1) is 0 Å². The van der Waals surface area contributed by atoms with Crippen LogP contribution in [-0.4, -0.2) is 38.0 Å². The largest absolute Gasteiger partial charge is 0.496 e. The lowest BCUT2D eigenvalue weighted by atomic mass is 9.95. The van der Waals surface area contributed by atoms with E-state index >= 15 is 0 Å². The van der Waals surface area contributed by atoms with Crippen molar-refractivity contribution >= 4 is 46.6 Å². The van der Waals surface area contributed by atoms with Crippen LogP contribution in [-0.2, 0) is 9.53 Å². The molecule has 0 amide bonds. The maximum Gasteiger partial charge on any atom is 0.338 e. The molecular weight excluding hydrogens is 551 g/mol. The van der Waals surface area contributed by atoms with Gasteiger partial charge in [0.05, 0.1) is 48.3 Å². The summed E-state index contributed by atoms with van der Waals surface area (Å²) < 4.78 is 23.7. The van der Waals surface area contributed by atoms with Gasteiger partial charge in [-0.2, -0.15) is 0 Å². The average Bonchev–Trinajstić information content (AvgIpc) is 3.17. The zero-order valence-electron chi connectivity index (χ0n) is 21.6. The van der Waals surface area contributed by atoms with Gasteiger partial charge in [-0.3, -0.25) is 9.36 Å². The number of allylic oxidation sites excluding steroid dienone is 1. The highest BCUT2D eigenvalue weighted by Crippen LogP contribution is 2.38. The first-order chi connectivity index (χ1) is 18.1. The molecule has 0 saturated heterocycles. The Balaban J connectivity index is 1.97. The van der Waals surface area contributed by atoms with Crippen molar-refractivity contribution in [3.63, 3.8) is 0 Å². The Morgan fingerprint density at radius 3 is 2.45 bits per heavy atom. The number of halogens is 2. The van der Waals surface area contributed by atoms with Crippen molar-refractivity contribution in [2.75, 3.05) is 21.3 Å². The molecule has 0 saturated carbocycles. The summed E-state index contributed by atoms with van der Waals surface area (Å²) in [4.78, 5) is 31.7. The number of hydrogen-bond acceptors (Lipinski definition) is 8. The lowest BCUT2D eigenvalue weighted by molar-refractivity contribution is -0.136. The van der Waals surface area contributed by atoms with Crippen LogP contribution in [0.15, 0.2) is 51.4 Å². The molecule has 0 aliphatic carbocycles. The molecule has 2 heterocycles. The smallest absolute Gasteiger partial charge is 0.338 e. The maximum atomic E-state index is 13.8. The topological polar surface area (TPSA) is 88.4 Å². The molecule has 3 aromatic rings. The van der Waals surface area contributed by atoms with E-state index in [1.807, 2.05) is 13.8 Å². The molecule has 0 radical (unpaired) electrons. The van der Waals surface area contributed by atoms with Crippen molar-refractivity contribution in [2.45, 2.75) is 32.9 Å². The highest BCUT2D eigenvalue weighted by atomic mass is 35.5. The van der Waals surface area contributed by atoms with Crippen molar-refractivity contribution in [1.82, 2.24) is 4.57 Å². The van der Waals surface area contributed by atoms with Crippen LogP contribution >= 0.6 is 34.5 Å². The SMILES string of the molecule is COC(=O)C1=C(C)N=c2s/c(=C\c3cc(Cl)c(OC(C)C)c(OC)c3)c(=O)n2[C@H]1c1cc(Cl)ccc1OC. The van der Waals surface area contributed by atoms with Gasteiger partial charge in [-0.1, -0.05) is 34.5 Å². The van der Waals surface area contributed by atoms with E-state index < -0.39 is 12.0 Å². The van der Waals surface area contributed by atoms with Crippen molar-refractivity contribution in [2.24, 2.45) is 4.99 Å². The number of hydrogen-bond donors (Lipinski definition) is 0. The number of fused-ring (bicyclic) bond motifs is 1. The fourth-order valence-electron chi connectivity index (χ4n) is 4.23. The summed E-state index contributed by atoms with van der Waals surface area (Å²) in [7, 11) is 4.31. The molecular formula is C27H26Cl2N2O6S. The number of aromatic nitrogens is 1. The third kappa shape index (κ3) is 5.18. The Hall–Kier alpha value is -3.27. The number of nitrogens with zero attached hydrogens (tertiary/aromatic N) is 2. The van der Waals surface area contributed by atoms with Crippen LogP contribution in [0.3, 0.4) is 0 Å². The number of thiazole rings is 1. The van der Waals surface area contributed by atoms with E-state index in [4.69, 9.17) is 42.1 Å². The first kappa shape index (κ1) is 27.8. The van der Waals surface area contributed by atoms with E-state index in [0.29, 0.717) is 53.5 Å². The Kier molecular flexibility index (Phi) is 8.20. The number of esters is 1. The Morgan fingerprint density at radius 1 is 1.11 bits per heavy atom. The molecule has 0 bridgehead atoms. The molecule has 1 aromatic heterocycles. The van der Waals surface area contributed by atoms with E-state index in [2.05, 4.69) is 4.99 Å². The van der Waals surface area contributed by atoms with Crippen LogP contribution in [0.2, 0.25) is 10.0 Å². The zero-order chi connectivity index (χ0) is 27.7. The molecule has 0 unspecified atom stereocenters. The number of rotatable bonds is 7. The van der Waals surface area contributed by atoms with Crippen LogP contribution in [0.25, 0.3) is 6.08 Å². The van der Waals surface area contributed by atoms with Gasteiger partial charge in [-0.25, -0.2) is 9.79 Å². The van der Waals surface area contributed by atoms with Crippen molar-refractivity contribution < 1.29 is 23.7 Å². The molecule has 0 spiro atoms. The molecule has 200 valence electrons. The zero-order valence-corrected chi connectivity index (χ0v) is 24.0. The van der Waals surface area contributed by atoms with E-state index in [-0.39, 0.29) is 17.2 Å². The third-order valence-corrected chi connectivity index (χ3v) is 7.32. The summed E-state index contributed by atoms with van der Waals surface area (Å²) in [5.41, 5.74) is 1.45. The second kappa shape index (κ2) is 11.2. The average molecular weight is 577 g/mol. The summed E-state index contributed by atoms with van der Waals surface area (Å²) in [6.07, 6.45) is 1.59. The predicted molar refractivity (Wildman–Crippen MR) is 148 cm³/mol. The van der Waals surface area contributed by atoms with Crippen LogP contribution < -0.4 is 29.1 Å². The third-order valence-electron chi connectivity index (χ3n) is 5.82. The lowest BCUT2D eigenvalue weighted by Gasteiger charge is -2.25. The molecule has 2 aromatic carbocycles. The predicted octanol–water partition coefficient (Wildman–Crippen LogP) is 4.52. The van der Waals surface area contributed by atoms with Gasteiger partial charge in [0.15, 0.2) is 16.3 Å². The van der Waals surface area contributed by atoms with Gasteiger partial charge in [0, 0.05) is 10.6 Å². The van der Waals surface area contributed by atoms with Gasteiger partial charge in [0.2, 0.25) is 0 Å². The van der Waals surface area contributed by atoms with Gasteiger partial charge < -0.3 is 18.9 Å². The van der Waals surface area contributed by atoms with Gasteiger partial charge in [0.25, 0.3) is 5.56 Å². The van der Waals surface area contributed by atoms with E-state index in [0.717, 1.165) is 0 Å². The highest BCUT2D eigenvalue weighted by molar-refractivity contribution is 7.07. The standard InChI is InChI=1S/C27H26Cl2N2O6S/c1-13(2)37-24-18(29)9-15(10-20(24)35-5)11-21-25(32)31-23(17-12-16(28)7-8-19(17)34-4)22(26(33)36-6)14(3)30-27(31)38-21/h7-13,23H,1-6H3/b21-11-/t23-/m0/s1. The van der Waals surface area contributed by atoms with Crippen molar-refractivity contribution in [3.8, 4) is 17.2 Å². The number of ether oxygens (including phenoxy) is 4. The molecule has 4 rings (SSSR count). The Morgan fingerprint density at radius 2 is 1.82 bits per heavy atom. The van der Waals surface area contributed by atoms with E-state index in [9.17, 15) is 9.59 Å². The summed E-state index contributed by atoms with van der Waals surface area (Å²) in [5.74, 6) is 0.719. The maximum absolute atomic E-state index is 13.8. The van der Waals surface area contributed by atoms with Gasteiger partial charge in [-0.05, 0) is 62.7 Å². The molecule has 8 nitrogen and oxygen atoms in total. The first-order valence-corrected chi connectivity index (χ1v) is 13.1. The summed E-state index contributed by atoms with van der Waals surface area (Å²) in [6.45, 7) is 5.48. The molecule has 1 aliphatic rings. The monoisotopic (exact) mass is 576 g/mol. The quantitative estimate of drug-likeness (QED) is 0.384. The normalized spacial score (nSPS) is 15.3. The van der Waals surface area contributed by atoms with Crippen molar-refractivity contribution in [1.29, 1.82) is 0 Å². The summed E-state index contributed by atoms with van der Waals surface area (Å²) in [5, 5.41) is 0.773. The molecule has 0 fully saturated rings. The molecule has 38 heavy (non-hydrogen) atoms. The molecule has 1 atom stereocenters. The number of carbonyl (C=O) groups excluding carboxylic acids is 1. The second-order valence-electron chi connectivity index (χ2n) is 8.66. The number of carbonyl (C=O) groups is 1. The van der Waals surface area contributed by atoms with Crippen LogP contribution in [0.1, 0.15) is 37.9 Å². The van der Waals surface area contributed by atoms with E-state index in [1.54, 1.807) is 43.3 Å². The highest BCUT2D eigenvalue weighted by Gasteiger charge is 2.35. The second-order valence-corrected chi connectivity index (χ2v) is 10.5. The molecule has 0 N–H and O–H groups in total. The molecule has 1 aliphatic heterocycles. The fourth-order valence-corrected chi connectivity index (χ4v) is 5.72. The van der Waals surface area contributed by atoms with Crippen molar-refractivity contribution in [3.05, 3.63) is 82.5 Å². The minimum Gasteiger partial charge on any atom is -0.496 e. The first-order valence-electron chi connectivity index (χ1n) is 11.6. The van der Waals surface area contributed by atoms with Gasteiger partial charge in [0.1, 0.15) is 11.8 Å². The van der Waals surface area contributed by atoms with Gasteiger partial charge >= 0.3 is 5.97 Å². The summed E-state index contributed by atoms with van der Waals surface area (Å²) >= 11 is 14.0. The van der Waals surface area contributed by atoms with Crippen LogP contribution in [0.4, 0.5) is 0 Å². The minimum absolute atomic E-state index is 0.105. The van der Waals surface area contributed by atoms with Crippen LogP contribution in [0.5, 0.6) is 17.2 Å². The minimum atomic E-state index is -0.866. The lowest BCUT2D eigenvalue weighted by Crippen LogP contribution is -2.40. The Labute approximate surface area is 233 Å². The number of benzene rings is 2. The fraction of sp³-hybridized carbons (Fsp3) is 0.296. The van der Waals surface area contributed by atoms with Crippen LogP contribution in [0, 0.1) is 0 Å². The summed E-state index contributed by atoms with van der Waals surface area (Å²) in [6, 6.07) is 7.60. The Bertz CT molecular complexity index is 1620.